The number of aryl methyl sites for hydroxylation is 1. The van der Waals surface area contributed by atoms with E-state index >= 15 is 0 Å². The number of hydrogen-bond donors (Lipinski definition) is 3. The Bertz CT molecular complexity index is 2590. The molecule has 17 nitrogen and oxygen atoms in total. The number of carbonyl (C=O) groups excluding carboxylic acids is 5. The number of nitrogens with zero attached hydrogens (tertiary/aromatic N) is 6. The molecule has 5 aromatic rings. The van der Waals surface area contributed by atoms with Crippen molar-refractivity contribution in [3.63, 3.8) is 0 Å². The van der Waals surface area contributed by atoms with E-state index in [1.54, 1.807) is 24.5 Å². The molecule has 1 atom stereocenters. The lowest BCUT2D eigenvalue weighted by Crippen LogP contribution is -2.54. The molecule has 3 aliphatic heterocycles. The number of anilines is 1. The van der Waals surface area contributed by atoms with E-state index in [4.69, 9.17) is 24.9 Å². The van der Waals surface area contributed by atoms with Crippen molar-refractivity contribution in [1.82, 2.24) is 39.9 Å². The van der Waals surface area contributed by atoms with Gasteiger partial charge < -0.3 is 29.8 Å². The fraction of sp³-hybridized carbons (Fsp3) is 0.420. The largest absolute Gasteiger partial charge is 0.457 e. The highest BCUT2D eigenvalue weighted by Gasteiger charge is 2.45. The summed E-state index contributed by atoms with van der Waals surface area (Å²) in [6.07, 6.45) is 8.67. The van der Waals surface area contributed by atoms with Gasteiger partial charge in [-0.25, -0.2) is 9.97 Å². The summed E-state index contributed by atoms with van der Waals surface area (Å²) in [6.45, 7) is 7.15. The van der Waals surface area contributed by atoms with Gasteiger partial charge in [-0.2, -0.15) is 0 Å². The highest BCUT2D eigenvalue weighted by molar-refractivity contribution is 6.24. The van der Waals surface area contributed by atoms with Gasteiger partial charge in [0.25, 0.3) is 11.8 Å². The molecule has 1 saturated carbocycles. The van der Waals surface area contributed by atoms with E-state index in [1.807, 2.05) is 42.5 Å². The van der Waals surface area contributed by atoms with Crippen molar-refractivity contribution in [2.45, 2.75) is 69.5 Å². The lowest BCUT2D eigenvalue weighted by atomic mass is 9.89. The average molecular weight is 912 g/mol. The fourth-order valence-electron chi connectivity index (χ4n) is 9.89. The number of piperidine rings is 1. The van der Waals surface area contributed by atoms with Crippen molar-refractivity contribution in [3.05, 3.63) is 102 Å². The van der Waals surface area contributed by atoms with Gasteiger partial charge in [-0.15, -0.1) is 0 Å². The first-order chi connectivity index (χ1) is 32.7. The van der Waals surface area contributed by atoms with E-state index in [0.29, 0.717) is 56.4 Å². The first-order valence-electron chi connectivity index (χ1n) is 23.4. The molecule has 5 amide bonds. The number of nitrogens with one attached hydrogen (secondary N) is 2. The third-order valence-corrected chi connectivity index (χ3v) is 13.4. The van der Waals surface area contributed by atoms with Crippen LogP contribution in [-0.4, -0.2) is 137 Å². The number of nitrogen functional groups attached to an aromatic ring is 1. The van der Waals surface area contributed by atoms with Crippen LogP contribution in [0.5, 0.6) is 11.5 Å². The van der Waals surface area contributed by atoms with Crippen LogP contribution in [-0.2, 0) is 30.3 Å². The van der Waals surface area contributed by atoms with Gasteiger partial charge in [-0.05, 0) is 80.0 Å². The Balaban J connectivity index is 0.639. The zero-order valence-corrected chi connectivity index (χ0v) is 37.6. The molecule has 4 N–H and O–H groups in total. The van der Waals surface area contributed by atoms with Gasteiger partial charge >= 0.3 is 0 Å². The van der Waals surface area contributed by atoms with Crippen LogP contribution < -0.4 is 21.1 Å². The Labute approximate surface area is 388 Å². The van der Waals surface area contributed by atoms with Crippen LogP contribution >= 0.6 is 0 Å². The van der Waals surface area contributed by atoms with Gasteiger partial charge in [0.2, 0.25) is 17.7 Å². The fourth-order valence-corrected chi connectivity index (χ4v) is 9.89. The number of aromatic nitrogens is 3. The summed E-state index contributed by atoms with van der Waals surface area (Å²) in [4.78, 5) is 78.2. The normalized spacial score (nSPS) is 20.3. The summed E-state index contributed by atoms with van der Waals surface area (Å²) in [5.41, 5.74) is 10.4. The van der Waals surface area contributed by atoms with E-state index in [9.17, 15) is 24.0 Å². The first kappa shape index (κ1) is 45.6. The topological polar surface area (TPSA) is 204 Å². The molecule has 5 heterocycles. The number of imide groups is 2. The SMILES string of the molecule is Nc1ncnc2c1c(-c1ccc(Oc3ccccc3)cc1)cn2C1CCC(N2CCN(CCOCCOCCNC(=O)CCc3cccc4c3C(=O)N(C3CCC(=O)NC3=O)C4=O)CC2)CC1. The maximum Gasteiger partial charge on any atom is 0.262 e. The van der Waals surface area contributed by atoms with Gasteiger partial charge in [-0.3, -0.25) is 44.0 Å². The summed E-state index contributed by atoms with van der Waals surface area (Å²) >= 11 is 0. The van der Waals surface area contributed by atoms with Crippen LogP contribution in [0.15, 0.2) is 85.3 Å². The second kappa shape index (κ2) is 21.0. The van der Waals surface area contributed by atoms with Crippen molar-refractivity contribution in [2.75, 3.05) is 71.4 Å². The number of para-hydroxylation sites is 1. The zero-order valence-electron chi connectivity index (χ0n) is 37.6. The molecule has 9 rings (SSSR count). The second-order valence-electron chi connectivity index (χ2n) is 17.5. The minimum absolute atomic E-state index is 0.0476. The molecule has 2 saturated heterocycles. The van der Waals surface area contributed by atoms with Crippen molar-refractivity contribution >= 4 is 46.4 Å². The van der Waals surface area contributed by atoms with Gasteiger partial charge in [0, 0.05) is 76.0 Å². The summed E-state index contributed by atoms with van der Waals surface area (Å²) in [5, 5.41) is 5.93. The van der Waals surface area contributed by atoms with Crippen LogP contribution in [0.4, 0.5) is 5.82 Å². The smallest absolute Gasteiger partial charge is 0.262 e. The highest BCUT2D eigenvalue weighted by atomic mass is 16.5. The highest BCUT2D eigenvalue weighted by Crippen LogP contribution is 2.40. The molecule has 350 valence electrons. The Hall–Kier alpha value is -6.53. The molecule has 17 heteroatoms. The molecular weight excluding hydrogens is 855 g/mol. The van der Waals surface area contributed by atoms with E-state index in [-0.39, 0.29) is 42.7 Å². The number of ether oxygens (including phenoxy) is 3. The Morgan fingerprint density at radius 2 is 1.49 bits per heavy atom. The summed E-state index contributed by atoms with van der Waals surface area (Å²) in [7, 11) is 0. The third kappa shape index (κ3) is 10.4. The number of hydrogen-bond acceptors (Lipinski definition) is 13. The maximum absolute atomic E-state index is 13.3. The minimum Gasteiger partial charge on any atom is -0.457 e. The van der Waals surface area contributed by atoms with Crippen LogP contribution in [0.25, 0.3) is 22.2 Å². The molecule has 2 aromatic heterocycles. The van der Waals surface area contributed by atoms with E-state index in [2.05, 4.69) is 48.3 Å². The maximum atomic E-state index is 13.3. The Morgan fingerprint density at radius 1 is 0.761 bits per heavy atom. The molecule has 3 aromatic carbocycles. The van der Waals surface area contributed by atoms with Crippen molar-refractivity contribution < 1.29 is 38.2 Å². The van der Waals surface area contributed by atoms with Crippen molar-refractivity contribution in [2.24, 2.45) is 0 Å². The monoisotopic (exact) mass is 911 g/mol. The number of carbonyl (C=O) groups is 5. The van der Waals surface area contributed by atoms with Crippen LogP contribution in [0.3, 0.4) is 0 Å². The third-order valence-electron chi connectivity index (χ3n) is 13.4. The number of nitrogens with two attached hydrogens (primary N) is 1. The quantitative estimate of drug-likeness (QED) is 0.0803. The number of fused-ring (bicyclic) bond motifs is 2. The minimum atomic E-state index is -1.04. The zero-order chi connectivity index (χ0) is 46.3. The van der Waals surface area contributed by atoms with Crippen molar-refractivity contribution in [3.8, 4) is 22.6 Å². The summed E-state index contributed by atoms with van der Waals surface area (Å²) in [5.74, 6) is -0.393. The summed E-state index contributed by atoms with van der Waals surface area (Å²) < 4.78 is 19.9. The second-order valence-corrected chi connectivity index (χ2v) is 17.5. The van der Waals surface area contributed by atoms with Gasteiger partial charge in [0.1, 0.15) is 35.3 Å². The number of benzene rings is 3. The number of piperazine rings is 1. The summed E-state index contributed by atoms with van der Waals surface area (Å²) in [6, 6.07) is 22.6. The van der Waals surface area contributed by atoms with Crippen LogP contribution in [0.2, 0.25) is 0 Å². The van der Waals surface area contributed by atoms with Crippen molar-refractivity contribution in [1.29, 1.82) is 0 Å². The van der Waals surface area contributed by atoms with Crippen LogP contribution in [0.1, 0.15) is 77.3 Å². The van der Waals surface area contributed by atoms with E-state index in [0.717, 1.165) is 97.0 Å². The molecule has 0 radical (unpaired) electrons. The molecule has 3 fully saturated rings. The van der Waals surface area contributed by atoms with E-state index in [1.165, 1.54) is 0 Å². The average Bonchev–Trinajstić information content (AvgIpc) is 3.86. The number of rotatable bonds is 18. The number of amides is 5. The molecule has 1 unspecified atom stereocenters. The van der Waals surface area contributed by atoms with Crippen LogP contribution in [0, 0.1) is 0 Å². The molecular formula is C50H57N9O8. The Morgan fingerprint density at radius 3 is 2.25 bits per heavy atom. The molecule has 67 heavy (non-hydrogen) atoms. The van der Waals surface area contributed by atoms with Gasteiger partial charge in [0.15, 0.2) is 0 Å². The standard InChI is InChI=1S/C50H57N9O8/c51-46-45-40(33-9-16-38(17-10-33)67-37-6-2-1-3-7-37)31-58(47(45)54-32-53-46)36-14-12-35(13-15-36)57-24-22-56(23-25-57)26-28-66-30-29-65-27-21-52-42(60)19-11-34-5-4-8-39-44(34)50(64)59(49(39)63)41-18-20-43(61)55-48(41)62/h1-10,16-17,31-32,35-36,41H,11-15,18-30H2,(H,52,60)(H2,51,53,54)(H,55,61,62). The predicted octanol–water partition coefficient (Wildman–Crippen LogP) is 4.76. The molecule has 1 aliphatic carbocycles. The van der Waals surface area contributed by atoms with Gasteiger partial charge in [0.05, 0.1) is 42.9 Å². The molecule has 4 aliphatic rings. The van der Waals surface area contributed by atoms with Gasteiger partial charge in [-0.1, -0.05) is 42.5 Å². The first-order valence-corrected chi connectivity index (χ1v) is 23.4. The van der Waals surface area contributed by atoms with E-state index < -0.39 is 29.7 Å². The Kier molecular flexibility index (Phi) is 14.3. The molecule has 0 bridgehead atoms. The predicted molar refractivity (Wildman–Crippen MR) is 249 cm³/mol. The molecule has 0 spiro atoms. The lowest BCUT2D eigenvalue weighted by Gasteiger charge is -2.42. The lowest BCUT2D eigenvalue weighted by molar-refractivity contribution is -0.136.